The SMILES string of the molecule is COC(=O)C(NC(=S)N[C@H]1CCCC[C@@H]1NS(=O)(=O)C(F)(F)F)c1ccccc1. The molecule has 12 heteroatoms. The Hall–Kier alpha value is -1.92. The van der Waals surface area contributed by atoms with Crippen molar-refractivity contribution in [2.45, 2.75) is 49.3 Å². The van der Waals surface area contributed by atoms with Gasteiger partial charge in [-0.15, -0.1) is 0 Å². The maximum absolute atomic E-state index is 12.7. The van der Waals surface area contributed by atoms with E-state index in [0.29, 0.717) is 24.8 Å². The lowest BCUT2D eigenvalue weighted by atomic mass is 9.91. The fourth-order valence-corrected chi connectivity index (χ4v) is 4.18. The molecule has 3 atom stereocenters. The van der Waals surface area contributed by atoms with Crippen LogP contribution in [0.5, 0.6) is 0 Å². The summed E-state index contributed by atoms with van der Waals surface area (Å²) in [7, 11) is -4.26. The zero-order chi connectivity index (χ0) is 21.7. The number of carbonyl (C=O) groups is 1. The molecule has 29 heavy (non-hydrogen) atoms. The third-order valence-corrected chi connectivity index (χ3v) is 6.00. The minimum absolute atomic E-state index is 0.00681. The van der Waals surface area contributed by atoms with Gasteiger partial charge < -0.3 is 15.4 Å². The van der Waals surface area contributed by atoms with Crippen LogP contribution in [0, 0.1) is 0 Å². The van der Waals surface area contributed by atoms with Crippen LogP contribution in [0.25, 0.3) is 0 Å². The molecule has 0 aromatic heterocycles. The van der Waals surface area contributed by atoms with Crippen molar-refractivity contribution >= 4 is 33.3 Å². The van der Waals surface area contributed by atoms with Gasteiger partial charge in [0, 0.05) is 12.1 Å². The van der Waals surface area contributed by atoms with Crippen molar-refractivity contribution in [3.63, 3.8) is 0 Å². The number of nitrogens with one attached hydrogen (secondary N) is 3. The minimum Gasteiger partial charge on any atom is -0.467 e. The smallest absolute Gasteiger partial charge is 0.467 e. The number of alkyl halides is 3. The van der Waals surface area contributed by atoms with Gasteiger partial charge >= 0.3 is 21.5 Å². The van der Waals surface area contributed by atoms with Gasteiger partial charge in [0.15, 0.2) is 11.2 Å². The van der Waals surface area contributed by atoms with Crippen LogP contribution < -0.4 is 15.4 Å². The Labute approximate surface area is 172 Å². The van der Waals surface area contributed by atoms with E-state index in [1.54, 1.807) is 35.1 Å². The van der Waals surface area contributed by atoms with E-state index in [0.717, 1.165) is 0 Å². The average molecular weight is 454 g/mol. The normalized spacial score (nSPS) is 21.1. The number of methoxy groups -OCH3 is 1. The van der Waals surface area contributed by atoms with Gasteiger partial charge in [-0.25, -0.2) is 17.9 Å². The quantitative estimate of drug-likeness (QED) is 0.449. The predicted molar refractivity (Wildman–Crippen MR) is 104 cm³/mol. The average Bonchev–Trinajstić information content (AvgIpc) is 2.66. The fourth-order valence-electron chi connectivity index (χ4n) is 3.09. The van der Waals surface area contributed by atoms with E-state index in [1.807, 2.05) is 0 Å². The molecule has 0 bridgehead atoms. The predicted octanol–water partition coefficient (Wildman–Crippen LogP) is 2.12. The lowest BCUT2D eigenvalue weighted by molar-refractivity contribution is -0.142. The number of sulfonamides is 1. The number of rotatable bonds is 6. The van der Waals surface area contributed by atoms with Crippen molar-refractivity contribution in [1.29, 1.82) is 0 Å². The molecule has 3 N–H and O–H groups in total. The first-order valence-electron chi connectivity index (χ1n) is 8.83. The molecule has 1 saturated carbocycles. The molecule has 1 fully saturated rings. The summed E-state index contributed by atoms with van der Waals surface area (Å²) in [6.07, 6.45) is 1.93. The Bertz CT molecular complexity index is 819. The van der Waals surface area contributed by atoms with Crippen LogP contribution >= 0.6 is 12.2 Å². The molecule has 0 spiro atoms. The van der Waals surface area contributed by atoms with E-state index in [2.05, 4.69) is 10.6 Å². The number of thiocarbonyl (C=S) groups is 1. The monoisotopic (exact) mass is 453 g/mol. The highest BCUT2D eigenvalue weighted by Gasteiger charge is 2.47. The van der Waals surface area contributed by atoms with Crippen LogP contribution in [-0.4, -0.2) is 44.2 Å². The molecular weight excluding hydrogens is 431 g/mol. The highest BCUT2D eigenvalue weighted by Crippen LogP contribution is 2.26. The summed E-state index contributed by atoms with van der Waals surface area (Å²) < 4.78 is 67.5. The highest BCUT2D eigenvalue weighted by atomic mass is 32.2. The van der Waals surface area contributed by atoms with Crippen molar-refractivity contribution in [1.82, 2.24) is 15.4 Å². The van der Waals surface area contributed by atoms with E-state index in [9.17, 15) is 26.4 Å². The van der Waals surface area contributed by atoms with Gasteiger partial charge in [-0.1, -0.05) is 43.2 Å². The largest absolute Gasteiger partial charge is 0.511 e. The Balaban J connectivity index is 2.09. The van der Waals surface area contributed by atoms with Crippen molar-refractivity contribution in [3.8, 4) is 0 Å². The summed E-state index contributed by atoms with van der Waals surface area (Å²) in [5.74, 6) is -0.599. The van der Waals surface area contributed by atoms with E-state index < -0.39 is 39.6 Å². The summed E-state index contributed by atoms with van der Waals surface area (Å²) in [5, 5.41) is 5.64. The van der Waals surface area contributed by atoms with Gasteiger partial charge in [0.2, 0.25) is 0 Å². The molecule has 1 aliphatic rings. The fraction of sp³-hybridized carbons (Fsp3) is 0.529. The lowest BCUT2D eigenvalue weighted by Gasteiger charge is -2.34. The van der Waals surface area contributed by atoms with Crippen LogP contribution in [0.4, 0.5) is 13.2 Å². The van der Waals surface area contributed by atoms with Crippen LogP contribution in [0.2, 0.25) is 0 Å². The van der Waals surface area contributed by atoms with Gasteiger partial charge in [0.25, 0.3) is 0 Å². The number of halogens is 3. The first-order chi connectivity index (χ1) is 13.5. The maximum atomic E-state index is 12.7. The van der Waals surface area contributed by atoms with Gasteiger partial charge in [0.05, 0.1) is 7.11 Å². The molecular formula is C17H22F3N3O4S2. The summed E-state index contributed by atoms with van der Waals surface area (Å²) in [6, 6.07) is 6.05. The standard InChI is InChI=1S/C17H22F3N3O4S2/c1-27-15(24)14(11-7-3-2-4-8-11)22-16(28)21-12-9-5-6-10-13(12)23-29(25,26)17(18,19)20/h2-4,7-8,12-14,23H,5-6,9-10H2,1H3,(H2,21,22,28)/t12-,13-,14?/m0/s1. The first kappa shape index (κ1) is 23.4. The topological polar surface area (TPSA) is 96.5 Å². The van der Waals surface area contributed by atoms with Gasteiger partial charge in [-0.05, 0) is 30.6 Å². The number of hydrogen-bond acceptors (Lipinski definition) is 5. The number of ether oxygens (including phenoxy) is 1. The molecule has 0 saturated heterocycles. The van der Waals surface area contributed by atoms with Crippen molar-refractivity contribution in [3.05, 3.63) is 35.9 Å². The molecule has 1 aromatic carbocycles. The second kappa shape index (κ2) is 9.72. The minimum atomic E-state index is -5.48. The number of carbonyl (C=O) groups excluding carboxylic acids is 1. The Morgan fingerprint density at radius 3 is 2.31 bits per heavy atom. The Morgan fingerprint density at radius 2 is 1.76 bits per heavy atom. The molecule has 0 radical (unpaired) electrons. The van der Waals surface area contributed by atoms with Crippen molar-refractivity contribution < 1.29 is 31.1 Å². The lowest BCUT2D eigenvalue weighted by Crippen LogP contribution is -2.57. The van der Waals surface area contributed by atoms with Crippen molar-refractivity contribution in [2.75, 3.05) is 7.11 Å². The third kappa shape index (κ3) is 6.28. The van der Waals surface area contributed by atoms with E-state index >= 15 is 0 Å². The molecule has 2 rings (SSSR count). The third-order valence-electron chi connectivity index (χ3n) is 4.54. The van der Waals surface area contributed by atoms with E-state index in [1.165, 1.54) is 7.11 Å². The highest BCUT2D eigenvalue weighted by molar-refractivity contribution is 7.90. The van der Waals surface area contributed by atoms with Gasteiger partial charge in [-0.3, -0.25) is 0 Å². The van der Waals surface area contributed by atoms with Crippen LogP contribution in [0.1, 0.15) is 37.3 Å². The van der Waals surface area contributed by atoms with Gasteiger partial charge in [0.1, 0.15) is 0 Å². The summed E-state index contributed by atoms with van der Waals surface area (Å²) in [6.45, 7) is 0. The summed E-state index contributed by atoms with van der Waals surface area (Å²) >= 11 is 5.22. The molecule has 1 aromatic rings. The molecule has 7 nitrogen and oxygen atoms in total. The molecule has 1 aliphatic carbocycles. The summed E-state index contributed by atoms with van der Waals surface area (Å²) in [5.41, 5.74) is -4.81. The van der Waals surface area contributed by atoms with E-state index in [4.69, 9.17) is 17.0 Å². The second-order valence-electron chi connectivity index (χ2n) is 6.55. The van der Waals surface area contributed by atoms with Gasteiger partial charge in [-0.2, -0.15) is 13.2 Å². The number of benzene rings is 1. The molecule has 162 valence electrons. The second-order valence-corrected chi connectivity index (χ2v) is 8.66. The Kier molecular flexibility index (Phi) is 7.83. The number of hydrogen-bond donors (Lipinski definition) is 3. The molecule has 0 aliphatic heterocycles. The Morgan fingerprint density at radius 1 is 1.17 bits per heavy atom. The zero-order valence-electron chi connectivity index (χ0n) is 15.5. The van der Waals surface area contributed by atoms with Crippen LogP contribution in [0.15, 0.2) is 30.3 Å². The first-order valence-corrected chi connectivity index (χ1v) is 10.7. The van der Waals surface area contributed by atoms with Crippen LogP contribution in [0.3, 0.4) is 0 Å². The maximum Gasteiger partial charge on any atom is 0.511 e. The number of esters is 1. The van der Waals surface area contributed by atoms with Crippen molar-refractivity contribution in [2.24, 2.45) is 0 Å². The summed E-state index contributed by atoms with van der Waals surface area (Å²) in [4.78, 5) is 12.1. The molecule has 0 amide bonds. The van der Waals surface area contributed by atoms with Crippen LogP contribution in [-0.2, 0) is 19.6 Å². The molecule has 0 heterocycles. The zero-order valence-corrected chi connectivity index (χ0v) is 17.2. The molecule has 1 unspecified atom stereocenters. The van der Waals surface area contributed by atoms with E-state index in [-0.39, 0.29) is 11.5 Å².